The van der Waals surface area contributed by atoms with Crippen LogP contribution in [0.25, 0.3) is 11.1 Å². The Morgan fingerprint density at radius 3 is 2.05 bits per heavy atom. The van der Waals surface area contributed by atoms with Crippen LogP contribution in [-0.2, 0) is 6.11 Å². The number of halogens is 6. The first-order valence-corrected chi connectivity index (χ1v) is 12.4. The molecule has 0 radical (unpaired) electrons. The molecule has 1 aliphatic rings. The average Bonchev–Trinajstić information content (AvgIpc) is 3.33. The smallest absolute Gasteiger partial charge is 0.429 e. The van der Waals surface area contributed by atoms with E-state index >= 15 is 0 Å². The summed E-state index contributed by atoms with van der Waals surface area (Å²) in [7, 11) is 0. The summed E-state index contributed by atoms with van der Waals surface area (Å²) in [6.45, 7) is 2.21. The van der Waals surface area contributed by atoms with E-state index in [2.05, 4.69) is 28.5 Å². The van der Waals surface area contributed by atoms with Crippen LogP contribution < -0.4 is 9.47 Å². The normalized spacial score (nSPS) is 18.1. The maximum atomic E-state index is 14.7. The van der Waals surface area contributed by atoms with E-state index in [4.69, 9.17) is 0 Å². The van der Waals surface area contributed by atoms with Gasteiger partial charge in [-0.15, -0.1) is 13.2 Å². The molecule has 0 aromatic heterocycles. The van der Waals surface area contributed by atoms with Crippen molar-refractivity contribution in [1.82, 2.24) is 0 Å². The summed E-state index contributed by atoms with van der Waals surface area (Å²) in [4.78, 5) is 0. The standard InChI is InChI=1S/C29H28F6O2/c1-2-3-4-19-5-6-23(17-19)22-9-7-20(8-10-22)21-11-13-24(14-12-21)28(31,32)36-25-15-16-27(26(30)18-25)37-29(33,34)35/h7-16,18-19,23H,2-6,17H2,1H3. The molecule has 0 aliphatic heterocycles. The van der Waals surface area contributed by atoms with Gasteiger partial charge in [-0.3, -0.25) is 0 Å². The monoisotopic (exact) mass is 522 g/mol. The third-order valence-corrected chi connectivity index (χ3v) is 6.82. The summed E-state index contributed by atoms with van der Waals surface area (Å²) in [5.74, 6) is -1.89. The van der Waals surface area contributed by atoms with Crippen LogP contribution in [0.3, 0.4) is 0 Å². The fourth-order valence-electron chi connectivity index (χ4n) is 4.90. The van der Waals surface area contributed by atoms with Crippen LogP contribution in [0.4, 0.5) is 26.3 Å². The summed E-state index contributed by atoms with van der Waals surface area (Å²) in [6.07, 6.45) is -1.48. The van der Waals surface area contributed by atoms with Gasteiger partial charge in [-0.1, -0.05) is 62.6 Å². The molecule has 0 saturated heterocycles. The number of hydrogen-bond acceptors (Lipinski definition) is 2. The average molecular weight is 523 g/mol. The third kappa shape index (κ3) is 6.99. The molecular weight excluding hydrogens is 494 g/mol. The highest BCUT2D eigenvalue weighted by Crippen LogP contribution is 2.41. The molecule has 4 rings (SSSR count). The van der Waals surface area contributed by atoms with Crippen molar-refractivity contribution >= 4 is 0 Å². The molecule has 37 heavy (non-hydrogen) atoms. The van der Waals surface area contributed by atoms with E-state index in [-0.39, 0.29) is 0 Å². The van der Waals surface area contributed by atoms with Gasteiger partial charge in [0.2, 0.25) is 0 Å². The lowest BCUT2D eigenvalue weighted by molar-refractivity contribution is -0.275. The van der Waals surface area contributed by atoms with Crippen molar-refractivity contribution in [3.05, 3.63) is 83.7 Å². The Bertz CT molecular complexity index is 1170. The molecule has 0 N–H and O–H groups in total. The van der Waals surface area contributed by atoms with Crippen molar-refractivity contribution in [3.8, 4) is 22.6 Å². The first kappa shape index (κ1) is 26.9. The Hall–Kier alpha value is -3.16. The second-order valence-corrected chi connectivity index (χ2v) is 9.48. The maximum absolute atomic E-state index is 14.7. The number of alkyl halides is 5. The first-order valence-electron chi connectivity index (χ1n) is 12.4. The molecule has 1 aliphatic carbocycles. The minimum Gasteiger partial charge on any atom is -0.429 e. The van der Waals surface area contributed by atoms with E-state index in [9.17, 15) is 26.3 Å². The van der Waals surface area contributed by atoms with Crippen molar-refractivity contribution in [2.24, 2.45) is 5.92 Å². The van der Waals surface area contributed by atoms with Gasteiger partial charge in [-0.05, 0) is 72.1 Å². The van der Waals surface area contributed by atoms with Gasteiger partial charge < -0.3 is 9.47 Å². The van der Waals surface area contributed by atoms with E-state index in [1.54, 1.807) is 12.1 Å². The van der Waals surface area contributed by atoms with Crippen LogP contribution in [-0.4, -0.2) is 6.36 Å². The van der Waals surface area contributed by atoms with Crippen LogP contribution in [0, 0.1) is 11.7 Å². The summed E-state index contributed by atoms with van der Waals surface area (Å²) in [5.41, 5.74) is 2.46. The Morgan fingerprint density at radius 1 is 0.811 bits per heavy atom. The number of benzene rings is 3. The zero-order chi connectivity index (χ0) is 26.6. The highest BCUT2D eigenvalue weighted by molar-refractivity contribution is 5.64. The Balaban J connectivity index is 1.40. The third-order valence-electron chi connectivity index (χ3n) is 6.82. The largest absolute Gasteiger partial charge is 0.573 e. The van der Waals surface area contributed by atoms with E-state index in [0.717, 1.165) is 23.1 Å². The zero-order valence-electron chi connectivity index (χ0n) is 20.3. The summed E-state index contributed by atoms with van der Waals surface area (Å²) >= 11 is 0. The van der Waals surface area contributed by atoms with Crippen LogP contribution >= 0.6 is 0 Å². The molecule has 3 aromatic rings. The lowest BCUT2D eigenvalue weighted by Gasteiger charge is -2.19. The number of rotatable bonds is 9. The SMILES string of the molecule is CCCCC1CCC(c2ccc(-c3ccc(C(F)(F)Oc4ccc(OC(F)(F)F)c(F)c4)cc3)cc2)C1. The molecule has 198 valence electrons. The molecular formula is C29H28F6O2. The molecule has 1 fully saturated rings. The van der Waals surface area contributed by atoms with Gasteiger partial charge >= 0.3 is 12.5 Å². The highest BCUT2D eigenvalue weighted by atomic mass is 19.4. The lowest BCUT2D eigenvalue weighted by atomic mass is 9.93. The predicted molar refractivity (Wildman–Crippen MR) is 129 cm³/mol. The molecule has 3 aromatic carbocycles. The lowest BCUT2D eigenvalue weighted by Crippen LogP contribution is -2.22. The van der Waals surface area contributed by atoms with Crippen LogP contribution in [0.15, 0.2) is 66.7 Å². The van der Waals surface area contributed by atoms with Crippen molar-refractivity contribution in [1.29, 1.82) is 0 Å². The van der Waals surface area contributed by atoms with Gasteiger partial charge in [0, 0.05) is 6.07 Å². The van der Waals surface area contributed by atoms with Crippen LogP contribution in [0.2, 0.25) is 0 Å². The molecule has 0 spiro atoms. The first-order chi connectivity index (χ1) is 17.5. The fourth-order valence-corrected chi connectivity index (χ4v) is 4.90. The van der Waals surface area contributed by atoms with Gasteiger partial charge in [0.1, 0.15) is 5.75 Å². The molecule has 0 bridgehead atoms. The van der Waals surface area contributed by atoms with Gasteiger partial charge in [-0.2, -0.15) is 8.78 Å². The molecule has 1 saturated carbocycles. The Morgan fingerprint density at radius 2 is 1.46 bits per heavy atom. The second-order valence-electron chi connectivity index (χ2n) is 9.48. The van der Waals surface area contributed by atoms with Crippen LogP contribution in [0.1, 0.15) is 62.5 Å². The van der Waals surface area contributed by atoms with Gasteiger partial charge in [0.15, 0.2) is 11.6 Å². The molecule has 2 unspecified atom stereocenters. The van der Waals surface area contributed by atoms with Crippen molar-refractivity contribution < 1.29 is 35.8 Å². The molecule has 2 nitrogen and oxygen atoms in total. The Kier molecular flexibility index (Phi) is 8.05. The fraction of sp³-hybridized carbons (Fsp3) is 0.379. The van der Waals surface area contributed by atoms with Crippen molar-refractivity contribution in [2.75, 3.05) is 0 Å². The van der Waals surface area contributed by atoms with Gasteiger partial charge in [-0.25, -0.2) is 4.39 Å². The summed E-state index contributed by atoms with van der Waals surface area (Å²) < 4.78 is 88.1. The van der Waals surface area contributed by atoms with Gasteiger partial charge in [0.25, 0.3) is 0 Å². The zero-order valence-corrected chi connectivity index (χ0v) is 20.3. The molecule has 8 heteroatoms. The minimum absolute atomic E-state index is 0.418. The number of ether oxygens (including phenoxy) is 2. The summed E-state index contributed by atoms with van der Waals surface area (Å²) in [6, 6.07) is 15.5. The van der Waals surface area contributed by atoms with Crippen LogP contribution in [0.5, 0.6) is 11.5 Å². The predicted octanol–water partition coefficient (Wildman–Crippen LogP) is 9.59. The number of unbranched alkanes of at least 4 members (excludes halogenated alkanes) is 1. The van der Waals surface area contributed by atoms with E-state index in [1.165, 1.54) is 56.2 Å². The molecule has 0 heterocycles. The van der Waals surface area contributed by atoms with E-state index in [0.29, 0.717) is 18.1 Å². The minimum atomic E-state index is -5.11. The quantitative estimate of drug-likeness (QED) is 0.261. The summed E-state index contributed by atoms with van der Waals surface area (Å²) in [5, 5.41) is 0. The second kappa shape index (κ2) is 11.1. The topological polar surface area (TPSA) is 18.5 Å². The number of hydrogen-bond donors (Lipinski definition) is 0. The molecule has 2 atom stereocenters. The van der Waals surface area contributed by atoms with Crippen molar-refractivity contribution in [3.63, 3.8) is 0 Å². The van der Waals surface area contributed by atoms with Gasteiger partial charge in [0.05, 0.1) is 5.56 Å². The highest BCUT2D eigenvalue weighted by Gasteiger charge is 2.36. The maximum Gasteiger partial charge on any atom is 0.573 e. The molecule has 0 amide bonds. The van der Waals surface area contributed by atoms with Crippen molar-refractivity contribution in [2.45, 2.75) is 63.8 Å². The van der Waals surface area contributed by atoms with E-state index < -0.39 is 35.4 Å². The van der Waals surface area contributed by atoms with E-state index in [1.807, 2.05) is 12.1 Å². The Labute approximate surface area is 212 Å².